The van der Waals surface area contributed by atoms with E-state index >= 15 is 0 Å². The van der Waals surface area contributed by atoms with Crippen molar-refractivity contribution in [3.63, 3.8) is 0 Å². The monoisotopic (exact) mass is 284 g/mol. The highest BCUT2D eigenvalue weighted by Gasteiger charge is 2.09. The third-order valence-electron chi connectivity index (χ3n) is 3.75. The lowest BCUT2D eigenvalue weighted by atomic mass is 10.2. The van der Waals surface area contributed by atoms with Crippen LogP contribution < -0.4 is 5.32 Å². The maximum Gasteiger partial charge on any atom is 0.159 e. The molecule has 0 fully saturated rings. The van der Waals surface area contributed by atoms with E-state index in [0.717, 1.165) is 54.1 Å². The van der Waals surface area contributed by atoms with E-state index in [1.54, 1.807) is 0 Å². The fraction of sp³-hybridized carbons (Fsp3) is 0.375. The number of rotatable bonds is 6. The molecule has 0 saturated carbocycles. The average molecular weight is 284 g/mol. The van der Waals surface area contributed by atoms with E-state index in [0.29, 0.717) is 0 Å². The van der Waals surface area contributed by atoms with Gasteiger partial charge in [0.25, 0.3) is 0 Å². The van der Waals surface area contributed by atoms with Gasteiger partial charge in [-0.05, 0) is 25.2 Å². The van der Waals surface area contributed by atoms with E-state index in [9.17, 15) is 0 Å². The standard InChI is InChI=1S/C16H20N4O/c1-3-20(4-2)10-9-17-15-11-14-16(19-18-15)12-7-5-6-8-13(12)21-14/h5-8,11H,3-4,9-10H2,1-2H3,(H,17,18). The second-order valence-electron chi connectivity index (χ2n) is 4.99. The number of nitrogens with zero attached hydrogens (tertiary/aromatic N) is 3. The Bertz CT molecular complexity index is 733. The van der Waals surface area contributed by atoms with Gasteiger partial charge in [0.1, 0.15) is 11.1 Å². The lowest BCUT2D eigenvalue weighted by Crippen LogP contribution is -2.28. The second-order valence-corrected chi connectivity index (χ2v) is 4.99. The van der Waals surface area contributed by atoms with E-state index in [2.05, 4.69) is 34.3 Å². The van der Waals surface area contributed by atoms with Crippen LogP contribution in [0.3, 0.4) is 0 Å². The number of fused-ring (bicyclic) bond motifs is 3. The van der Waals surface area contributed by atoms with Crippen LogP contribution in [0.1, 0.15) is 13.8 Å². The summed E-state index contributed by atoms with van der Waals surface area (Å²) < 4.78 is 5.81. The fourth-order valence-corrected chi connectivity index (χ4v) is 2.48. The molecule has 0 aliphatic carbocycles. The van der Waals surface area contributed by atoms with E-state index in [4.69, 9.17) is 4.42 Å². The second kappa shape index (κ2) is 6.10. The molecular weight excluding hydrogens is 264 g/mol. The fourth-order valence-electron chi connectivity index (χ4n) is 2.48. The van der Waals surface area contributed by atoms with E-state index in [-0.39, 0.29) is 0 Å². The van der Waals surface area contributed by atoms with Crippen LogP contribution in [0.2, 0.25) is 0 Å². The Hall–Kier alpha value is -2.14. The molecular formula is C16H20N4O. The molecule has 0 amide bonds. The number of furan rings is 1. The number of hydrogen-bond donors (Lipinski definition) is 1. The van der Waals surface area contributed by atoms with Gasteiger partial charge in [0.2, 0.25) is 0 Å². The molecule has 0 unspecified atom stereocenters. The smallest absolute Gasteiger partial charge is 0.159 e. The third kappa shape index (κ3) is 2.83. The zero-order valence-corrected chi connectivity index (χ0v) is 12.5. The molecule has 3 rings (SSSR count). The van der Waals surface area contributed by atoms with Crippen LogP contribution >= 0.6 is 0 Å². The largest absolute Gasteiger partial charge is 0.454 e. The normalized spacial score (nSPS) is 11.6. The van der Waals surface area contributed by atoms with Crippen molar-refractivity contribution in [3.8, 4) is 0 Å². The molecule has 0 atom stereocenters. The van der Waals surface area contributed by atoms with Gasteiger partial charge in [-0.2, -0.15) is 0 Å². The van der Waals surface area contributed by atoms with Crippen molar-refractivity contribution in [2.75, 3.05) is 31.5 Å². The summed E-state index contributed by atoms with van der Waals surface area (Å²) in [7, 11) is 0. The maximum atomic E-state index is 5.81. The molecule has 110 valence electrons. The van der Waals surface area contributed by atoms with Crippen molar-refractivity contribution < 1.29 is 4.42 Å². The lowest BCUT2D eigenvalue weighted by Gasteiger charge is -2.17. The molecule has 0 aliphatic rings. The number of benzene rings is 1. The van der Waals surface area contributed by atoms with Gasteiger partial charge in [-0.1, -0.05) is 26.0 Å². The summed E-state index contributed by atoms with van der Waals surface area (Å²) in [5.41, 5.74) is 2.44. The minimum absolute atomic E-state index is 0.758. The summed E-state index contributed by atoms with van der Waals surface area (Å²) in [4.78, 5) is 2.36. The lowest BCUT2D eigenvalue weighted by molar-refractivity contribution is 0.316. The van der Waals surface area contributed by atoms with Gasteiger partial charge in [-0.25, -0.2) is 0 Å². The minimum Gasteiger partial charge on any atom is -0.454 e. The molecule has 21 heavy (non-hydrogen) atoms. The molecule has 0 saturated heterocycles. The first-order valence-electron chi connectivity index (χ1n) is 7.43. The zero-order chi connectivity index (χ0) is 14.7. The van der Waals surface area contributed by atoms with Gasteiger partial charge in [0, 0.05) is 24.5 Å². The van der Waals surface area contributed by atoms with Crippen molar-refractivity contribution in [2.24, 2.45) is 0 Å². The Morgan fingerprint density at radius 1 is 1.10 bits per heavy atom. The Labute approximate surface area is 123 Å². The minimum atomic E-state index is 0.758. The van der Waals surface area contributed by atoms with Gasteiger partial charge in [-0.15, -0.1) is 10.2 Å². The first-order valence-corrected chi connectivity index (χ1v) is 7.43. The zero-order valence-electron chi connectivity index (χ0n) is 12.5. The molecule has 3 aromatic rings. The van der Waals surface area contributed by atoms with E-state index in [1.165, 1.54) is 0 Å². The summed E-state index contributed by atoms with van der Waals surface area (Å²) >= 11 is 0. The van der Waals surface area contributed by atoms with Crippen LogP contribution in [-0.2, 0) is 0 Å². The molecule has 2 heterocycles. The topological polar surface area (TPSA) is 54.2 Å². The van der Waals surface area contributed by atoms with Gasteiger partial charge in [0.05, 0.1) is 0 Å². The summed E-state index contributed by atoms with van der Waals surface area (Å²) in [5, 5.41) is 12.8. The third-order valence-corrected chi connectivity index (χ3v) is 3.75. The molecule has 5 nitrogen and oxygen atoms in total. The first-order chi connectivity index (χ1) is 10.3. The molecule has 0 spiro atoms. The number of nitrogens with one attached hydrogen (secondary N) is 1. The van der Waals surface area contributed by atoms with Crippen LogP contribution in [0, 0.1) is 0 Å². The van der Waals surface area contributed by atoms with Gasteiger partial charge in [-0.3, -0.25) is 0 Å². The summed E-state index contributed by atoms with van der Waals surface area (Å²) in [6.07, 6.45) is 0. The van der Waals surface area contributed by atoms with Crippen LogP contribution in [0.5, 0.6) is 0 Å². The number of hydrogen-bond acceptors (Lipinski definition) is 5. The van der Waals surface area contributed by atoms with Gasteiger partial charge >= 0.3 is 0 Å². The highest BCUT2D eigenvalue weighted by molar-refractivity contribution is 6.02. The Morgan fingerprint density at radius 2 is 1.90 bits per heavy atom. The van der Waals surface area contributed by atoms with Crippen LogP contribution in [-0.4, -0.2) is 41.3 Å². The molecule has 0 radical (unpaired) electrons. The number of likely N-dealkylation sites (N-methyl/N-ethyl adjacent to an activating group) is 1. The first kappa shape index (κ1) is 13.8. The molecule has 1 N–H and O–H groups in total. The summed E-state index contributed by atoms with van der Waals surface area (Å²) in [6.45, 7) is 8.31. The molecule has 1 aromatic carbocycles. The van der Waals surface area contributed by atoms with E-state index in [1.807, 2.05) is 30.3 Å². The number of para-hydroxylation sites is 1. The average Bonchev–Trinajstić information content (AvgIpc) is 2.89. The van der Waals surface area contributed by atoms with Gasteiger partial charge < -0.3 is 14.6 Å². The SMILES string of the molecule is CCN(CC)CCNc1cc2oc3ccccc3c2nn1. The Kier molecular flexibility index (Phi) is 4.01. The quantitative estimate of drug-likeness (QED) is 0.753. The highest BCUT2D eigenvalue weighted by atomic mass is 16.3. The van der Waals surface area contributed by atoms with Crippen LogP contribution in [0.15, 0.2) is 34.7 Å². The number of aromatic nitrogens is 2. The summed E-state index contributed by atoms with van der Waals surface area (Å²) in [5.74, 6) is 0.758. The van der Waals surface area contributed by atoms with Crippen molar-refractivity contribution in [1.29, 1.82) is 0 Å². The van der Waals surface area contributed by atoms with Crippen LogP contribution in [0.4, 0.5) is 5.82 Å². The van der Waals surface area contributed by atoms with Crippen molar-refractivity contribution in [2.45, 2.75) is 13.8 Å². The van der Waals surface area contributed by atoms with Gasteiger partial charge in [0.15, 0.2) is 11.4 Å². The highest BCUT2D eigenvalue weighted by Crippen LogP contribution is 2.27. The van der Waals surface area contributed by atoms with Crippen molar-refractivity contribution in [1.82, 2.24) is 15.1 Å². The molecule has 0 bridgehead atoms. The maximum absolute atomic E-state index is 5.81. The molecule has 0 aliphatic heterocycles. The molecule has 2 aromatic heterocycles. The van der Waals surface area contributed by atoms with E-state index < -0.39 is 0 Å². The number of anilines is 1. The summed E-state index contributed by atoms with van der Waals surface area (Å²) in [6, 6.07) is 9.81. The predicted molar refractivity (Wildman–Crippen MR) is 85.6 cm³/mol. The Balaban J connectivity index is 1.77. The predicted octanol–water partition coefficient (Wildman–Crippen LogP) is 3.13. The molecule has 5 heteroatoms. The van der Waals surface area contributed by atoms with Crippen LogP contribution in [0.25, 0.3) is 22.1 Å². The van der Waals surface area contributed by atoms with Crippen molar-refractivity contribution in [3.05, 3.63) is 30.3 Å². The Morgan fingerprint density at radius 3 is 2.71 bits per heavy atom. The van der Waals surface area contributed by atoms with Crippen molar-refractivity contribution >= 4 is 27.9 Å².